The number of nitrogens with one attached hydrogen (secondary N) is 2. The van der Waals surface area contributed by atoms with Crippen molar-refractivity contribution in [3.63, 3.8) is 0 Å². The molecule has 1 aromatic carbocycles. The standard InChI is InChI=1S/C15H18N2O2/c1-19-12-6-2-10(3-7-12)9-16-13-8-14(18)17-15(13)11-4-5-11/h2-3,6-8,11,15-16H,4-5,9H2,1H3,(H,17,18). The first-order valence-corrected chi connectivity index (χ1v) is 6.65. The van der Waals surface area contributed by atoms with E-state index in [9.17, 15) is 4.79 Å². The van der Waals surface area contributed by atoms with Crippen LogP contribution in [0.15, 0.2) is 36.0 Å². The normalized spacial score (nSPS) is 21.8. The van der Waals surface area contributed by atoms with Crippen LogP contribution < -0.4 is 15.4 Å². The van der Waals surface area contributed by atoms with Gasteiger partial charge in [0.2, 0.25) is 5.91 Å². The van der Waals surface area contributed by atoms with Gasteiger partial charge in [0.1, 0.15) is 5.75 Å². The van der Waals surface area contributed by atoms with Crippen molar-refractivity contribution in [2.45, 2.75) is 25.4 Å². The molecule has 3 rings (SSSR count). The second-order valence-electron chi connectivity index (χ2n) is 5.12. The minimum absolute atomic E-state index is 0.0223. The lowest BCUT2D eigenvalue weighted by molar-refractivity contribution is -0.116. The van der Waals surface area contributed by atoms with E-state index in [1.54, 1.807) is 13.2 Å². The third-order valence-corrected chi connectivity index (χ3v) is 3.67. The van der Waals surface area contributed by atoms with E-state index in [2.05, 4.69) is 10.6 Å². The summed E-state index contributed by atoms with van der Waals surface area (Å²) in [5.74, 6) is 1.51. The molecule has 1 saturated carbocycles. The fourth-order valence-corrected chi connectivity index (χ4v) is 2.41. The Morgan fingerprint density at radius 3 is 2.68 bits per heavy atom. The molecule has 1 heterocycles. The Hall–Kier alpha value is -1.97. The van der Waals surface area contributed by atoms with Crippen LogP contribution in [0.5, 0.6) is 5.75 Å². The summed E-state index contributed by atoms with van der Waals surface area (Å²) in [6, 6.07) is 8.15. The fourth-order valence-electron chi connectivity index (χ4n) is 2.41. The van der Waals surface area contributed by atoms with Gasteiger partial charge in [0.25, 0.3) is 0 Å². The minimum Gasteiger partial charge on any atom is -0.497 e. The summed E-state index contributed by atoms with van der Waals surface area (Å²) in [6.45, 7) is 0.730. The SMILES string of the molecule is COc1ccc(CNC2=CC(=O)NC2C2CC2)cc1. The number of ether oxygens (including phenoxy) is 1. The molecule has 4 nitrogen and oxygen atoms in total. The summed E-state index contributed by atoms with van der Waals surface area (Å²) in [7, 11) is 1.66. The molecule has 1 amide bonds. The largest absolute Gasteiger partial charge is 0.497 e. The molecule has 2 N–H and O–H groups in total. The highest BCUT2D eigenvalue weighted by molar-refractivity contribution is 5.91. The summed E-state index contributed by atoms with van der Waals surface area (Å²) in [4.78, 5) is 11.4. The van der Waals surface area contributed by atoms with Crippen LogP contribution >= 0.6 is 0 Å². The monoisotopic (exact) mass is 258 g/mol. The van der Waals surface area contributed by atoms with Crippen molar-refractivity contribution in [2.75, 3.05) is 7.11 Å². The second-order valence-corrected chi connectivity index (χ2v) is 5.12. The van der Waals surface area contributed by atoms with Gasteiger partial charge in [-0.25, -0.2) is 0 Å². The fraction of sp³-hybridized carbons (Fsp3) is 0.400. The first-order chi connectivity index (χ1) is 9.26. The maximum atomic E-state index is 11.4. The zero-order chi connectivity index (χ0) is 13.2. The number of methoxy groups -OCH3 is 1. The zero-order valence-corrected chi connectivity index (χ0v) is 11.0. The van der Waals surface area contributed by atoms with Crippen molar-refractivity contribution in [1.82, 2.24) is 10.6 Å². The lowest BCUT2D eigenvalue weighted by atomic mass is 10.1. The first-order valence-electron chi connectivity index (χ1n) is 6.65. The van der Waals surface area contributed by atoms with Crippen LogP contribution in [0.2, 0.25) is 0 Å². The van der Waals surface area contributed by atoms with Crippen LogP contribution in [-0.2, 0) is 11.3 Å². The van der Waals surface area contributed by atoms with Gasteiger partial charge in [0, 0.05) is 18.3 Å². The Morgan fingerprint density at radius 2 is 2.05 bits per heavy atom. The van der Waals surface area contributed by atoms with E-state index in [0.717, 1.165) is 18.0 Å². The lowest BCUT2D eigenvalue weighted by Gasteiger charge is -2.16. The Balaban J connectivity index is 1.61. The van der Waals surface area contributed by atoms with Crippen molar-refractivity contribution in [3.8, 4) is 5.75 Å². The van der Waals surface area contributed by atoms with Crippen molar-refractivity contribution in [1.29, 1.82) is 0 Å². The summed E-state index contributed by atoms with van der Waals surface area (Å²) in [5.41, 5.74) is 2.21. The Bertz CT molecular complexity index is 503. The Labute approximate surface area is 112 Å². The number of carbonyl (C=O) groups is 1. The van der Waals surface area contributed by atoms with Gasteiger partial charge < -0.3 is 15.4 Å². The van der Waals surface area contributed by atoms with E-state index < -0.39 is 0 Å². The topological polar surface area (TPSA) is 50.4 Å². The molecule has 1 atom stereocenters. The maximum absolute atomic E-state index is 11.4. The Morgan fingerprint density at radius 1 is 1.32 bits per heavy atom. The van der Waals surface area contributed by atoms with Gasteiger partial charge in [0.15, 0.2) is 0 Å². The molecular weight excluding hydrogens is 240 g/mol. The van der Waals surface area contributed by atoms with Gasteiger partial charge in [-0.3, -0.25) is 4.79 Å². The number of benzene rings is 1. The molecule has 0 radical (unpaired) electrons. The molecule has 1 aliphatic carbocycles. The third kappa shape index (κ3) is 2.72. The first kappa shape index (κ1) is 12.1. The van der Waals surface area contributed by atoms with Gasteiger partial charge >= 0.3 is 0 Å². The van der Waals surface area contributed by atoms with E-state index in [-0.39, 0.29) is 11.9 Å². The molecule has 0 spiro atoms. The van der Waals surface area contributed by atoms with Crippen molar-refractivity contribution in [3.05, 3.63) is 41.6 Å². The molecular formula is C15H18N2O2. The van der Waals surface area contributed by atoms with Crippen LogP contribution in [-0.4, -0.2) is 19.1 Å². The molecule has 1 aromatic rings. The molecule has 1 unspecified atom stereocenters. The second kappa shape index (κ2) is 4.96. The van der Waals surface area contributed by atoms with Crippen LogP contribution in [0.3, 0.4) is 0 Å². The highest BCUT2D eigenvalue weighted by atomic mass is 16.5. The van der Waals surface area contributed by atoms with Crippen molar-refractivity contribution >= 4 is 5.91 Å². The van der Waals surface area contributed by atoms with Gasteiger partial charge in [-0.15, -0.1) is 0 Å². The third-order valence-electron chi connectivity index (χ3n) is 3.67. The average Bonchev–Trinajstić information content (AvgIpc) is 3.21. The van der Waals surface area contributed by atoms with Crippen molar-refractivity contribution < 1.29 is 9.53 Å². The number of carbonyl (C=O) groups excluding carboxylic acids is 1. The van der Waals surface area contributed by atoms with Crippen molar-refractivity contribution in [2.24, 2.45) is 5.92 Å². The van der Waals surface area contributed by atoms with E-state index in [1.165, 1.54) is 18.4 Å². The number of rotatable bonds is 5. The number of amides is 1. The van der Waals surface area contributed by atoms with E-state index in [1.807, 2.05) is 24.3 Å². The summed E-state index contributed by atoms with van der Waals surface area (Å²) in [6.07, 6.45) is 4.12. The minimum atomic E-state index is 0.0223. The predicted molar refractivity (Wildman–Crippen MR) is 72.6 cm³/mol. The summed E-state index contributed by atoms with van der Waals surface area (Å²) < 4.78 is 5.13. The van der Waals surface area contributed by atoms with E-state index in [4.69, 9.17) is 4.74 Å². The van der Waals surface area contributed by atoms with Gasteiger partial charge in [-0.05, 0) is 36.5 Å². The number of hydrogen-bond donors (Lipinski definition) is 2. The van der Waals surface area contributed by atoms with Gasteiger partial charge in [-0.1, -0.05) is 12.1 Å². The predicted octanol–water partition coefficient (Wildman–Crippen LogP) is 1.58. The number of hydrogen-bond acceptors (Lipinski definition) is 3. The average molecular weight is 258 g/mol. The molecule has 2 aliphatic rings. The molecule has 19 heavy (non-hydrogen) atoms. The van der Waals surface area contributed by atoms with Crippen LogP contribution in [0.25, 0.3) is 0 Å². The highest BCUT2D eigenvalue weighted by Gasteiger charge is 2.37. The summed E-state index contributed by atoms with van der Waals surface area (Å²) in [5, 5.41) is 6.38. The quantitative estimate of drug-likeness (QED) is 0.843. The molecule has 0 bridgehead atoms. The lowest BCUT2D eigenvalue weighted by Crippen LogP contribution is -2.34. The maximum Gasteiger partial charge on any atom is 0.246 e. The highest BCUT2D eigenvalue weighted by Crippen LogP contribution is 2.36. The van der Waals surface area contributed by atoms with Crippen LogP contribution in [0.1, 0.15) is 18.4 Å². The zero-order valence-electron chi connectivity index (χ0n) is 11.0. The molecule has 100 valence electrons. The summed E-state index contributed by atoms with van der Waals surface area (Å²) >= 11 is 0. The van der Waals surface area contributed by atoms with E-state index >= 15 is 0 Å². The van der Waals surface area contributed by atoms with Crippen LogP contribution in [0, 0.1) is 5.92 Å². The van der Waals surface area contributed by atoms with Gasteiger partial charge in [0.05, 0.1) is 13.2 Å². The molecule has 0 saturated heterocycles. The molecule has 1 fully saturated rings. The molecule has 0 aromatic heterocycles. The molecule has 1 aliphatic heterocycles. The smallest absolute Gasteiger partial charge is 0.246 e. The Kier molecular flexibility index (Phi) is 3.15. The van der Waals surface area contributed by atoms with Gasteiger partial charge in [-0.2, -0.15) is 0 Å². The van der Waals surface area contributed by atoms with E-state index in [0.29, 0.717) is 5.92 Å². The molecule has 4 heteroatoms. The van der Waals surface area contributed by atoms with Crippen LogP contribution in [0.4, 0.5) is 0 Å².